The van der Waals surface area contributed by atoms with Crippen molar-refractivity contribution in [3.8, 4) is 11.5 Å². The molecule has 0 spiro atoms. The SMILES string of the molecule is COc1cc(N=C=O)c(C(=O)N2CCC[C@H]2CO[Si](C)(C)C(C)(C)C)cc1OC. The number of amides is 1. The highest BCUT2D eigenvalue weighted by Crippen LogP contribution is 2.38. The molecule has 1 fully saturated rings. The van der Waals surface area contributed by atoms with Crippen molar-refractivity contribution in [1.82, 2.24) is 4.90 Å². The standard InChI is InChI=1S/C21H32N2O5Si/c1-21(2,3)29(6,7)28-13-15-9-8-10-23(15)20(25)16-11-18(26-4)19(27-5)12-17(16)22-14-24/h11-12,15H,8-10,13H2,1-7H3/t15-/m0/s1. The topological polar surface area (TPSA) is 77.4 Å². The zero-order valence-corrected chi connectivity index (χ0v) is 19.5. The Hall–Kier alpha value is -2.15. The molecule has 0 radical (unpaired) electrons. The van der Waals surface area contributed by atoms with Gasteiger partial charge in [-0.15, -0.1) is 0 Å². The minimum Gasteiger partial charge on any atom is -0.493 e. The molecule has 160 valence electrons. The van der Waals surface area contributed by atoms with Crippen molar-refractivity contribution < 1.29 is 23.5 Å². The zero-order chi connectivity index (χ0) is 21.8. The first-order valence-electron chi connectivity index (χ1n) is 9.84. The number of methoxy groups -OCH3 is 2. The van der Waals surface area contributed by atoms with Gasteiger partial charge in [0.15, 0.2) is 19.8 Å². The predicted molar refractivity (Wildman–Crippen MR) is 115 cm³/mol. The second-order valence-electron chi connectivity index (χ2n) is 8.79. The quantitative estimate of drug-likeness (QED) is 0.373. The second kappa shape index (κ2) is 9.11. The fourth-order valence-electron chi connectivity index (χ4n) is 3.13. The van der Waals surface area contributed by atoms with E-state index in [0.717, 1.165) is 12.8 Å². The summed E-state index contributed by atoms with van der Waals surface area (Å²) in [6, 6.07) is 3.09. The van der Waals surface area contributed by atoms with Gasteiger partial charge in [0.25, 0.3) is 5.91 Å². The van der Waals surface area contributed by atoms with Crippen molar-refractivity contribution in [3.63, 3.8) is 0 Å². The minimum atomic E-state index is -1.91. The van der Waals surface area contributed by atoms with E-state index in [-0.39, 0.29) is 22.7 Å². The van der Waals surface area contributed by atoms with Crippen LogP contribution in [-0.2, 0) is 9.22 Å². The first-order valence-corrected chi connectivity index (χ1v) is 12.8. The smallest absolute Gasteiger partial charge is 0.256 e. The third-order valence-corrected chi connectivity index (χ3v) is 10.5. The average Bonchev–Trinajstić information content (AvgIpc) is 3.13. The number of ether oxygens (including phenoxy) is 2. The number of carbonyl (C=O) groups excluding carboxylic acids is 2. The molecule has 7 nitrogen and oxygen atoms in total. The Balaban J connectivity index is 2.29. The fraction of sp³-hybridized carbons (Fsp3) is 0.619. The average molecular weight is 421 g/mol. The highest BCUT2D eigenvalue weighted by atomic mass is 28.4. The Bertz CT molecular complexity index is 797. The highest BCUT2D eigenvalue weighted by molar-refractivity contribution is 6.74. The lowest BCUT2D eigenvalue weighted by atomic mass is 10.1. The van der Waals surface area contributed by atoms with Crippen molar-refractivity contribution in [2.24, 2.45) is 4.99 Å². The molecule has 0 unspecified atom stereocenters. The molecule has 0 aliphatic carbocycles. The number of hydrogen-bond acceptors (Lipinski definition) is 6. The Labute approximate surface area is 174 Å². The number of nitrogens with zero attached hydrogens (tertiary/aromatic N) is 2. The molecule has 29 heavy (non-hydrogen) atoms. The van der Waals surface area contributed by atoms with Gasteiger partial charge in [-0.1, -0.05) is 20.8 Å². The molecule has 1 atom stereocenters. The number of aliphatic imine (C=N–C) groups is 1. The molecule has 0 bridgehead atoms. The van der Waals surface area contributed by atoms with E-state index >= 15 is 0 Å². The first-order chi connectivity index (χ1) is 13.6. The lowest BCUT2D eigenvalue weighted by Crippen LogP contribution is -2.46. The van der Waals surface area contributed by atoms with Crippen LogP contribution in [0.15, 0.2) is 17.1 Å². The van der Waals surface area contributed by atoms with E-state index in [1.165, 1.54) is 26.4 Å². The van der Waals surface area contributed by atoms with Gasteiger partial charge >= 0.3 is 0 Å². The van der Waals surface area contributed by atoms with Gasteiger partial charge in [-0.05, 0) is 37.0 Å². The maximum atomic E-state index is 13.3. The Kier molecular flexibility index (Phi) is 7.27. The van der Waals surface area contributed by atoms with Gasteiger partial charge in [-0.2, -0.15) is 4.99 Å². The molecule has 0 saturated carbocycles. The van der Waals surface area contributed by atoms with Crippen LogP contribution in [0.5, 0.6) is 11.5 Å². The maximum absolute atomic E-state index is 13.3. The largest absolute Gasteiger partial charge is 0.493 e. The minimum absolute atomic E-state index is 0.00205. The molecule has 1 heterocycles. The summed E-state index contributed by atoms with van der Waals surface area (Å²) in [5.74, 6) is 0.618. The molecule has 1 saturated heterocycles. The summed E-state index contributed by atoms with van der Waals surface area (Å²) in [4.78, 5) is 29.8. The highest BCUT2D eigenvalue weighted by Gasteiger charge is 2.39. The van der Waals surface area contributed by atoms with E-state index in [1.54, 1.807) is 6.07 Å². The normalized spacial score (nSPS) is 17.1. The number of carbonyl (C=O) groups is 1. The van der Waals surface area contributed by atoms with Gasteiger partial charge in [0.1, 0.15) is 0 Å². The summed E-state index contributed by atoms with van der Waals surface area (Å²) in [7, 11) is 1.08. The van der Waals surface area contributed by atoms with Gasteiger partial charge in [0.05, 0.1) is 38.1 Å². The Morgan fingerprint density at radius 1 is 1.24 bits per heavy atom. The van der Waals surface area contributed by atoms with Gasteiger partial charge in [-0.25, -0.2) is 4.79 Å². The molecule has 2 rings (SSSR count). The molecule has 1 aliphatic heterocycles. The predicted octanol–water partition coefficient (Wildman–Crippen LogP) is 4.30. The zero-order valence-electron chi connectivity index (χ0n) is 18.5. The fourth-order valence-corrected chi connectivity index (χ4v) is 4.18. The summed E-state index contributed by atoms with van der Waals surface area (Å²) in [6.45, 7) is 12.2. The number of rotatable bonds is 7. The maximum Gasteiger partial charge on any atom is 0.256 e. The molecular weight excluding hydrogens is 388 g/mol. The second-order valence-corrected chi connectivity index (χ2v) is 13.6. The number of isocyanates is 1. The van der Waals surface area contributed by atoms with Crippen molar-refractivity contribution in [2.45, 2.75) is 57.8 Å². The summed E-state index contributed by atoms with van der Waals surface area (Å²) in [5, 5.41) is 0.107. The monoisotopic (exact) mass is 420 g/mol. The number of likely N-dealkylation sites (tertiary alicyclic amines) is 1. The molecule has 8 heteroatoms. The van der Waals surface area contributed by atoms with E-state index in [9.17, 15) is 9.59 Å². The van der Waals surface area contributed by atoms with E-state index in [0.29, 0.717) is 30.2 Å². The first kappa shape index (κ1) is 23.1. The lowest BCUT2D eigenvalue weighted by Gasteiger charge is -2.38. The Morgan fingerprint density at radius 2 is 1.86 bits per heavy atom. The van der Waals surface area contributed by atoms with Gasteiger partial charge in [-0.3, -0.25) is 4.79 Å². The number of benzene rings is 1. The van der Waals surface area contributed by atoms with Crippen LogP contribution in [0.3, 0.4) is 0 Å². The summed E-state index contributed by atoms with van der Waals surface area (Å²) < 4.78 is 16.9. The molecule has 0 aromatic heterocycles. The van der Waals surface area contributed by atoms with Crippen LogP contribution in [0.25, 0.3) is 0 Å². The molecule has 1 aromatic carbocycles. The third kappa shape index (κ3) is 5.07. The van der Waals surface area contributed by atoms with E-state index in [2.05, 4.69) is 38.9 Å². The summed E-state index contributed by atoms with van der Waals surface area (Å²) >= 11 is 0. The summed E-state index contributed by atoms with van der Waals surface area (Å²) in [5.41, 5.74) is 0.517. The molecule has 1 aliphatic rings. The third-order valence-electron chi connectivity index (χ3n) is 5.98. The van der Waals surface area contributed by atoms with Gasteiger partial charge in [0, 0.05) is 12.6 Å². The van der Waals surface area contributed by atoms with Crippen LogP contribution < -0.4 is 9.47 Å². The van der Waals surface area contributed by atoms with Crippen LogP contribution in [0.4, 0.5) is 5.69 Å². The van der Waals surface area contributed by atoms with Crippen LogP contribution in [0.2, 0.25) is 18.1 Å². The van der Waals surface area contributed by atoms with Crippen LogP contribution in [0.1, 0.15) is 44.0 Å². The van der Waals surface area contributed by atoms with Crippen molar-refractivity contribution >= 4 is 26.0 Å². The van der Waals surface area contributed by atoms with Crippen LogP contribution >= 0.6 is 0 Å². The number of hydrogen-bond donors (Lipinski definition) is 0. The van der Waals surface area contributed by atoms with Crippen LogP contribution in [0, 0.1) is 0 Å². The van der Waals surface area contributed by atoms with E-state index in [4.69, 9.17) is 13.9 Å². The Morgan fingerprint density at radius 3 is 2.41 bits per heavy atom. The van der Waals surface area contributed by atoms with Crippen molar-refractivity contribution in [2.75, 3.05) is 27.4 Å². The molecule has 0 N–H and O–H groups in total. The molecular formula is C21H32N2O5Si. The van der Waals surface area contributed by atoms with Crippen molar-refractivity contribution in [3.05, 3.63) is 17.7 Å². The molecule has 1 aromatic rings. The van der Waals surface area contributed by atoms with Crippen LogP contribution in [-0.4, -0.2) is 58.6 Å². The summed E-state index contributed by atoms with van der Waals surface area (Å²) in [6.07, 6.45) is 3.32. The van der Waals surface area contributed by atoms with E-state index in [1.807, 2.05) is 4.90 Å². The van der Waals surface area contributed by atoms with Crippen molar-refractivity contribution in [1.29, 1.82) is 0 Å². The lowest BCUT2D eigenvalue weighted by molar-refractivity contribution is 0.0684. The van der Waals surface area contributed by atoms with E-state index < -0.39 is 8.32 Å². The molecule has 1 amide bonds. The van der Waals surface area contributed by atoms with Gasteiger partial charge < -0.3 is 18.8 Å². The van der Waals surface area contributed by atoms with Gasteiger partial charge in [0.2, 0.25) is 6.08 Å².